The second-order valence-electron chi connectivity index (χ2n) is 3.52. The fraction of sp³-hybridized carbons (Fsp3) is 0.700. The van der Waals surface area contributed by atoms with Gasteiger partial charge in [-0.05, 0) is 13.3 Å². The fourth-order valence-electron chi connectivity index (χ4n) is 0.813. The highest BCUT2D eigenvalue weighted by Gasteiger charge is 2.08. The Morgan fingerprint density at radius 2 is 1.94 bits per heavy atom. The average Bonchev–Trinajstić information content (AvgIpc) is 2.19. The number of carbonyl (C=O) groups excluding carboxylic acids is 1. The Labute approximate surface area is 101 Å². The Morgan fingerprint density at radius 3 is 2.47 bits per heavy atom. The van der Waals surface area contributed by atoms with Crippen LogP contribution in [-0.2, 0) is 23.4 Å². The second kappa shape index (κ2) is 8.42. The van der Waals surface area contributed by atoms with Crippen LogP contribution in [0.1, 0.15) is 13.3 Å². The molecule has 17 heavy (non-hydrogen) atoms. The van der Waals surface area contributed by atoms with Gasteiger partial charge in [-0.2, -0.15) is 0 Å². The fourth-order valence-corrected chi connectivity index (χ4v) is 1.28. The summed E-state index contributed by atoms with van der Waals surface area (Å²) in [5, 5.41) is 0. The summed E-state index contributed by atoms with van der Waals surface area (Å²) in [6.45, 7) is 7.12. The molecular weight excluding hydrogens is 247 g/mol. The number of rotatable bonds is 9. The summed E-state index contributed by atoms with van der Waals surface area (Å²) in [7, 11) is -3.39. The Balaban J connectivity index is 3.28. The molecule has 0 saturated heterocycles. The summed E-state index contributed by atoms with van der Waals surface area (Å²) in [5.74, 6) is -0.441. The summed E-state index contributed by atoms with van der Waals surface area (Å²) in [6.07, 6.45) is 0.507. The van der Waals surface area contributed by atoms with Gasteiger partial charge in [-0.1, -0.05) is 6.58 Å². The van der Waals surface area contributed by atoms with Crippen LogP contribution in [0.2, 0.25) is 0 Å². The van der Waals surface area contributed by atoms with E-state index >= 15 is 0 Å². The molecule has 0 saturated carbocycles. The molecule has 1 atom stereocenters. The molecule has 0 aromatic heterocycles. The molecule has 0 aliphatic carbocycles. The highest BCUT2D eigenvalue weighted by Crippen LogP contribution is 2.36. The zero-order valence-electron chi connectivity index (χ0n) is 10.2. The van der Waals surface area contributed by atoms with Crippen molar-refractivity contribution in [2.75, 3.05) is 33.1 Å². The van der Waals surface area contributed by atoms with E-state index in [0.717, 1.165) is 6.66 Å². The molecule has 0 fully saturated rings. The Morgan fingerprint density at radius 1 is 1.29 bits per heavy atom. The van der Waals surface area contributed by atoms with Crippen LogP contribution >= 0.6 is 7.60 Å². The predicted octanol–water partition coefficient (Wildman–Crippen LogP) is 1.34. The van der Waals surface area contributed by atoms with E-state index in [0.29, 0.717) is 18.6 Å². The molecule has 0 bridgehead atoms. The maximum absolute atomic E-state index is 10.9. The first-order valence-corrected chi connectivity index (χ1v) is 7.20. The van der Waals surface area contributed by atoms with Crippen molar-refractivity contribution in [1.29, 1.82) is 0 Å². The van der Waals surface area contributed by atoms with Gasteiger partial charge in [-0.15, -0.1) is 0 Å². The zero-order valence-corrected chi connectivity index (χ0v) is 11.1. The minimum atomic E-state index is -3.39. The molecule has 100 valence electrons. The van der Waals surface area contributed by atoms with Crippen molar-refractivity contribution in [1.82, 2.24) is 0 Å². The van der Waals surface area contributed by atoms with Crippen LogP contribution in [0.25, 0.3) is 0 Å². The molecule has 1 N–H and O–H groups in total. The van der Waals surface area contributed by atoms with Crippen LogP contribution in [0.3, 0.4) is 0 Å². The van der Waals surface area contributed by atoms with Crippen LogP contribution in [-0.4, -0.2) is 44.0 Å². The highest BCUT2D eigenvalue weighted by atomic mass is 31.2. The first-order valence-electron chi connectivity index (χ1n) is 5.18. The third-order valence-electron chi connectivity index (χ3n) is 1.57. The highest BCUT2D eigenvalue weighted by molar-refractivity contribution is 7.51. The van der Waals surface area contributed by atoms with Crippen LogP contribution in [0, 0.1) is 0 Å². The summed E-state index contributed by atoms with van der Waals surface area (Å²) in [4.78, 5) is 19.7. The van der Waals surface area contributed by atoms with Gasteiger partial charge in [0, 0.05) is 18.8 Å². The van der Waals surface area contributed by atoms with E-state index in [1.165, 1.54) is 0 Å². The number of ether oxygens (including phenoxy) is 2. The summed E-state index contributed by atoms with van der Waals surface area (Å²) in [6, 6.07) is 0. The Kier molecular flexibility index (Phi) is 8.08. The quantitative estimate of drug-likeness (QED) is 0.293. The van der Waals surface area contributed by atoms with E-state index < -0.39 is 13.6 Å². The van der Waals surface area contributed by atoms with Gasteiger partial charge in [-0.3, -0.25) is 4.57 Å². The number of hydrogen-bond acceptors (Lipinski definition) is 5. The standard InChI is InChI=1S/C10H19O6P/c1-9(2)10(11)15-8-7-14-5-4-6-16-17(3,12)13/h1,4-8H2,2-3H3,(H,12,13). The van der Waals surface area contributed by atoms with Crippen LogP contribution in [0.5, 0.6) is 0 Å². The van der Waals surface area contributed by atoms with Gasteiger partial charge in [0.25, 0.3) is 0 Å². The lowest BCUT2D eigenvalue weighted by Crippen LogP contribution is -2.11. The summed E-state index contributed by atoms with van der Waals surface area (Å²) < 4.78 is 25.3. The van der Waals surface area contributed by atoms with Crippen molar-refractivity contribution in [2.24, 2.45) is 0 Å². The molecular formula is C10H19O6P. The predicted molar refractivity (Wildman–Crippen MR) is 62.9 cm³/mol. The van der Waals surface area contributed by atoms with Crippen molar-refractivity contribution in [3.8, 4) is 0 Å². The van der Waals surface area contributed by atoms with Gasteiger partial charge in [0.05, 0.1) is 13.2 Å². The van der Waals surface area contributed by atoms with Gasteiger partial charge in [-0.25, -0.2) is 4.79 Å². The molecule has 0 aliphatic rings. The first-order chi connectivity index (χ1) is 7.83. The average molecular weight is 266 g/mol. The van der Waals surface area contributed by atoms with Gasteiger partial charge < -0.3 is 18.9 Å². The monoisotopic (exact) mass is 266 g/mol. The summed E-state index contributed by atoms with van der Waals surface area (Å²) >= 11 is 0. The van der Waals surface area contributed by atoms with Gasteiger partial charge in [0.15, 0.2) is 0 Å². The van der Waals surface area contributed by atoms with Crippen LogP contribution in [0.15, 0.2) is 12.2 Å². The maximum Gasteiger partial charge on any atom is 0.333 e. The first kappa shape index (κ1) is 16.3. The minimum Gasteiger partial charge on any atom is -0.460 e. The molecule has 1 unspecified atom stereocenters. The molecule has 0 spiro atoms. The molecule has 7 heteroatoms. The minimum absolute atomic E-state index is 0.163. The Bertz CT molecular complexity index is 295. The Hall–Kier alpha value is -0.680. The molecule has 0 amide bonds. The third kappa shape index (κ3) is 11.6. The van der Waals surface area contributed by atoms with Crippen molar-refractivity contribution in [3.63, 3.8) is 0 Å². The largest absolute Gasteiger partial charge is 0.460 e. The number of esters is 1. The van der Waals surface area contributed by atoms with Crippen LogP contribution in [0.4, 0.5) is 0 Å². The third-order valence-corrected chi connectivity index (χ3v) is 2.23. The normalized spacial score (nSPS) is 14.1. The zero-order chi connectivity index (χ0) is 13.3. The molecule has 0 heterocycles. The van der Waals surface area contributed by atoms with E-state index in [4.69, 9.17) is 14.4 Å². The number of carbonyl (C=O) groups is 1. The smallest absolute Gasteiger partial charge is 0.333 e. The number of hydrogen-bond donors (Lipinski definition) is 1. The molecule has 0 radical (unpaired) electrons. The summed E-state index contributed by atoms with van der Waals surface area (Å²) in [5.41, 5.74) is 0.347. The van der Waals surface area contributed by atoms with Crippen molar-refractivity contribution in [3.05, 3.63) is 12.2 Å². The SMILES string of the molecule is C=C(C)C(=O)OCCOCCCOP(C)(=O)O. The lowest BCUT2D eigenvalue weighted by atomic mass is 10.4. The van der Waals surface area contributed by atoms with E-state index in [1.54, 1.807) is 6.92 Å². The van der Waals surface area contributed by atoms with Gasteiger partial charge >= 0.3 is 13.6 Å². The lowest BCUT2D eigenvalue weighted by molar-refractivity contribution is -0.140. The van der Waals surface area contributed by atoms with Crippen molar-refractivity contribution in [2.45, 2.75) is 13.3 Å². The van der Waals surface area contributed by atoms with E-state index in [1.807, 2.05) is 0 Å². The van der Waals surface area contributed by atoms with Gasteiger partial charge in [0.2, 0.25) is 0 Å². The van der Waals surface area contributed by atoms with Gasteiger partial charge in [0.1, 0.15) is 6.61 Å². The van der Waals surface area contributed by atoms with Crippen LogP contribution < -0.4 is 0 Å². The van der Waals surface area contributed by atoms with E-state index in [9.17, 15) is 9.36 Å². The maximum atomic E-state index is 10.9. The molecule has 0 aromatic rings. The second-order valence-corrected chi connectivity index (χ2v) is 5.38. The molecule has 6 nitrogen and oxygen atoms in total. The van der Waals surface area contributed by atoms with Crippen molar-refractivity contribution < 1.29 is 28.3 Å². The molecule has 0 aromatic carbocycles. The molecule has 0 aliphatic heterocycles. The van der Waals surface area contributed by atoms with Crippen molar-refractivity contribution >= 4 is 13.6 Å². The van der Waals surface area contributed by atoms with E-state index in [2.05, 4.69) is 11.1 Å². The molecule has 0 rings (SSSR count). The lowest BCUT2D eigenvalue weighted by Gasteiger charge is -2.07. The topological polar surface area (TPSA) is 82.1 Å². The van der Waals surface area contributed by atoms with E-state index in [-0.39, 0.29) is 19.8 Å².